The van der Waals surface area contributed by atoms with Crippen LogP contribution in [-0.2, 0) is 26.5 Å². The van der Waals surface area contributed by atoms with Gasteiger partial charge in [0.2, 0.25) is 0 Å². The fraction of sp³-hybridized carbons (Fsp3) is 0.160. The van der Waals surface area contributed by atoms with Crippen molar-refractivity contribution in [1.82, 2.24) is 14.5 Å². The Hall–Kier alpha value is -5.57. The summed E-state index contributed by atoms with van der Waals surface area (Å²) in [6.07, 6.45) is 1.75. The summed E-state index contributed by atoms with van der Waals surface area (Å²) in [4.78, 5) is 10.1. The van der Waals surface area contributed by atoms with Crippen molar-refractivity contribution >= 4 is 11.0 Å². The van der Waals surface area contributed by atoms with Crippen molar-refractivity contribution in [1.29, 1.82) is 0 Å². The number of nitrogens with zero attached hydrogens (tertiary/aromatic N) is 3. The summed E-state index contributed by atoms with van der Waals surface area (Å²) in [7, 11) is 0. The average molecular weight is 904 g/mol. The molecule has 4 nitrogen and oxygen atoms in total. The van der Waals surface area contributed by atoms with E-state index in [0.29, 0.717) is 33.8 Å². The van der Waals surface area contributed by atoms with E-state index in [4.69, 9.17) is 18.2 Å². The number of para-hydroxylation sites is 1. The molecular weight excluding hydrogens is 854 g/mol. The van der Waals surface area contributed by atoms with Crippen LogP contribution < -0.4 is 0 Å². The first-order chi connectivity index (χ1) is 28.3. The van der Waals surface area contributed by atoms with Crippen LogP contribution in [-0.4, -0.2) is 19.6 Å². The van der Waals surface area contributed by atoms with E-state index < -0.39 is 13.7 Å². The third-order valence-electron chi connectivity index (χ3n) is 9.93. The second-order valence-corrected chi connectivity index (χ2v) is 15.0. The Morgan fingerprint density at radius 1 is 0.655 bits per heavy atom. The molecule has 276 valence electrons. The number of rotatable bonds is 6. The Kier molecular flexibility index (Phi) is 8.34. The number of benzene rings is 6. The fourth-order valence-corrected chi connectivity index (χ4v) is 7.13. The zero-order chi connectivity index (χ0) is 42.7. The molecule has 0 atom stereocenters. The summed E-state index contributed by atoms with van der Waals surface area (Å²) >= 11 is 0. The molecule has 55 heavy (non-hydrogen) atoms. The molecule has 0 bridgehead atoms. The molecule has 0 fully saturated rings. The molecule has 0 aliphatic rings. The summed E-state index contributed by atoms with van der Waals surface area (Å²) in [5.41, 5.74) is 11.8. The van der Waals surface area contributed by atoms with E-state index >= 15 is 0 Å². The van der Waals surface area contributed by atoms with Crippen LogP contribution in [0.3, 0.4) is 0 Å². The molecule has 0 unspecified atom stereocenters. The van der Waals surface area contributed by atoms with Crippen LogP contribution in [0.4, 0.5) is 0 Å². The molecule has 0 aliphatic carbocycles. The van der Waals surface area contributed by atoms with Gasteiger partial charge in [-0.15, -0.1) is 29.3 Å². The van der Waals surface area contributed by atoms with Gasteiger partial charge in [-0.25, -0.2) is 4.98 Å². The largest absolute Gasteiger partial charge is 0.507 e. The smallest absolute Gasteiger partial charge is 0.148 e. The molecule has 0 radical (unpaired) electrons. The molecule has 2 heterocycles. The van der Waals surface area contributed by atoms with Crippen molar-refractivity contribution < 1.29 is 34.4 Å². The summed E-state index contributed by atoms with van der Waals surface area (Å²) in [5, 5.41) is 11.6. The van der Waals surface area contributed by atoms with Crippen molar-refractivity contribution in [3.8, 4) is 67.5 Å². The molecular formula is C50H44N3OPt-. The normalized spacial score (nSPS) is 13.5. The molecule has 0 saturated heterocycles. The van der Waals surface area contributed by atoms with Gasteiger partial charge in [0.15, 0.2) is 0 Å². The number of aromatic hydroxyl groups is 1. The van der Waals surface area contributed by atoms with Crippen LogP contribution in [0, 0.1) is 33.6 Å². The predicted molar refractivity (Wildman–Crippen MR) is 224 cm³/mol. The van der Waals surface area contributed by atoms with E-state index in [1.54, 1.807) is 30.5 Å². The first-order valence-corrected chi connectivity index (χ1v) is 18.0. The third kappa shape index (κ3) is 7.44. The molecule has 2 aromatic heterocycles. The Labute approximate surface area is 347 Å². The number of pyridine rings is 1. The number of hydrogen-bond acceptors (Lipinski definition) is 3. The third-order valence-corrected chi connectivity index (χ3v) is 9.93. The zero-order valence-electron chi connectivity index (χ0n) is 37.3. The number of hydrogen-bond donors (Lipinski definition) is 1. The van der Waals surface area contributed by atoms with E-state index in [0.717, 1.165) is 55.6 Å². The van der Waals surface area contributed by atoms with Crippen LogP contribution >= 0.6 is 0 Å². The van der Waals surface area contributed by atoms with E-state index in [1.807, 2.05) is 109 Å². The number of fused-ring (bicyclic) bond motifs is 1. The Bertz CT molecular complexity index is 2910. The molecule has 5 heteroatoms. The van der Waals surface area contributed by atoms with E-state index in [1.165, 1.54) is 0 Å². The molecule has 0 amide bonds. The van der Waals surface area contributed by atoms with Gasteiger partial charge in [-0.2, -0.15) is 0 Å². The van der Waals surface area contributed by atoms with Crippen molar-refractivity contribution in [2.75, 3.05) is 0 Å². The van der Waals surface area contributed by atoms with Gasteiger partial charge in [0.1, 0.15) is 11.6 Å². The predicted octanol–water partition coefficient (Wildman–Crippen LogP) is 12.8. The Balaban J connectivity index is 0.00000561. The van der Waals surface area contributed by atoms with Crippen molar-refractivity contribution in [3.05, 3.63) is 167 Å². The average Bonchev–Trinajstić information content (AvgIpc) is 3.61. The van der Waals surface area contributed by atoms with Crippen LogP contribution in [0.1, 0.15) is 56.8 Å². The standard InChI is InChI=1S/C50H44N3O.Pt/c1-31-16-18-36(19-17-31)37-20-21-51-45(30-37)40-26-39(27-41(28-40)50(5,6)7)43-14-11-15-46-47(43)52-49(44-25-32(2)22-34(4)48(44)54)53(46)42-24-33(3)23-38(29-42)35-12-9-8-10-13-35;/h8-25,27-30,54H,1-7H3;/q-1;/i1D3,3D3;. The zero-order valence-corrected chi connectivity index (χ0v) is 33.6. The Morgan fingerprint density at radius 3 is 2.15 bits per heavy atom. The molecule has 6 aromatic carbocycles. The SMILES string of the molecule is [2H]C([2H])([2H])c1ccc(-c2ccnc(-c3[c-]c(-c4cccc5c4nc(-c4cc(C)cc(C)c4O)n5-c4cc(-c5ccccc5)cc(C([2H])([2H])[2H])c4)cc(C(C)(C)C)c3)c2)cc1.[Pt]. The van der Waals surface area contributed by atoms with Gasteiger partial charge >= 0.3 is 0 Å². The van der Waals surface area contributed by atoms with E-state index in [-0.39, 0.29) is 43.4 Å². The van der Waals surface area contributed by atoms with Gasteiger partial charge < -0.3 is 5.11 Å². The van der Waals surface area contributed by atoms with Gasteiger partial charge in [0, 0.05) is 46.9 Å². The van der Waals surface area contributed by atoms with Crippen LogP contribution in [0.15, 0.2) is 134 Å². The summed E-state index contributed by atoms with van der Waals surface area (Å²) in [6.45, 7) is 5.72. The van der Waals surface area contributed by atoms with Gasteiger partial charge in [-0.3, -0.25) is 9.55 Å². The number of aromatic nitrogens is 3. The van der Waals surface area contributed by atoms with Gasteiger partial charge in [-0.1, -0.05) is 122 Å². The number of aryl methyl sites for hydroxylation is 4. The topological polar surface area (TPSA) is 50.9 Å². The number of imidazole rings is 1. The molecule has 0 spiro atoms. The summed E-state index contributed by atoms with van der Waals surface area (Å²) in [5.74, 6) is 0.561. The first kappa shape index (κ1) is 30.7. The maximum Gasteiger partial charge on any atom is 0.148 e. The van der Waals surface area contributed by atoms with Crippen LogP contribution in [0.2, 0.25) is 0 Å². The molecule has 0 aliphatic heterocycles. The number of phenolic OH excluding ortho intramolecular Hbond substituents is 1. The minimum absolute atomic E-state index is 0. The molecule has 1 N–H and O–H groups in total. The molecule has 0 saturated carbocycles. The molecule has 8 aromatic rings. The second kappa shape index (κ2) is 14.9. The summed E-state index contributed by atoms with van der Waals surface area (Å²) in [6, 6.07) is 43.6. The Morgan fingerprint density at radius 2 is 1.40 bits per heavy atom. The monoisotopic (exact) mass is 903 g/mol. The number of phenols is 1. The van der Waals surface area contributed by atoms with E-state index in [9.17, 15) is 5.11 Å². The first-order valence-electron chi connectivity index (χ1n) is 21.0. The summed E-state index contributed by atoms with van der Waals surface area (Å²) < 4.78 is 50.7. The van der Waals surface area contributed by atoms with Crippen molar-refractivity contribution in [2.24, 2.45) is 0 Å². The maximum atomic E-state index is 11.6. The van der Waals surface area contributed by atoms with E-state index in [2.05, 4.69) is 39.0 Å². The quantitative estimate of drug-likeness (QED) is 0.169. The minimum Gasteiger partial charge on any atom is -0.507 e. The van der Waals surface area contributed by atoms with Crippen LogP contribution in [0.25, 0.3) is 72.7 Å². The minimum atomic E-state index is -2.39. The fourth-order valence-electron chi connectivity index (χ4n) is 7.13. The van der Waals surface area contributed by atoms with Gasteiger partial charge in [0.05, 0.1) is 16.6 Å². The van der Waals surface area contributed by atoms with Crippen LogP contribution in [0.5, 0.6) is 5.75 Å². The maximum absolute atomic E-state index is 11.6. The van der Waals surface area contributed by atoms with Crippen molar-refractivity contribution in [2.45, 2.75) is 53.7 Å². The van der Waals surface area contributed by atoms with Gasteiger partial charge in [-0.05, 0) is 102 Å². The van der Waals surface area contributed by atoms with Crippen molar-refractivity contribution in [3.63, 3.8) is 0 Å². The van der Waals surface area contributed by atoms with Gasteiger partial charge in [0.25, 0.3) is 0 Å². The second-order valence-electron chi connectivity index (χ2n) is 15.0. The molecule has 8 rings (SSSR count).